The Morgan fingerprint density at radius 3 is 2.64 bits per heavy atom. The van der Waals surface area contributed by atoms with E-state index >= 15 is 0 Å². The zero-order chi connectivity index (χ0) is 10.4. The maximum Gasteiger partial charge on any atom is 0.0184 e. The monoisotopic (exact) mass is 196 g/mol. The topological polar surface area (TPSA) is 15.3 Å². The molecule has 14 heavy (non-hydrogen) atoms. The lowest BCUT2D eigenvalue weighted by atomic mass is 9.94. The van der Waals surface area contributed by atoms with Crippen molar-refractivity contribution in [2.24, 2.45) is 5.92 Å². The van der Waals surface area contributed by atoms with Crippen molar-refractivity contribution in [2.75, 3.05) is 33.2 Å². The van der Waals surface area contributed by atoms with Crippen LogP contribution in [0.2, 0.25) is 0 Å². The first-order valence-electron chi connectivity index (χ1n) is 5.72. The van der Waals surface area contributed by atoms with Crippen LogP contribution in [0.4, 0.5) is 0 Å². The third kappa shape index (κ3) is 4.77. The predicted octanol–water partition coefficient (Wildman–Crippen LogP) is 1.88. The van der Waals surface area contributed by atoms with Crippen molar-refractivity contribution in [3.63, 3.8) is 0 Å². The Bertz CT molecular complexity index is 171. The summed E-state index contributed by atoms with van der Waals surface area (Å²) < 4.78 is 0. The van der Waals surface area contributed by atoms with E-state index in [2.05, 4.69) is 30.8 Å². The molecule has 1 N–H and O–H groups in total. The SMILES string of the molecule is C=C(C)CN(C)CCC1CCNCC1. The zero-order valence-corrected chi connectivity index (χ0v) is 9.68. The number of hydrogen-bond acceptors (Lipinski definition) is 2. The van der Waals surface area contributed by atoms with Gasteiger partial charge in [-0.3, -0.25) is 0 Å². The highest BCUT2D eigenvalue weighted by atomic mass is 15.1. The van der Waals surface area contributed by atoms with Gasteiger partial charge in [0, 0.05) is 6.54 Å². The lowest BCUT2D eigenvalue weighted by molar-refractivity contribution is 0.283. The van der Waals surface area contributed by atoms with Crippen molar-refractivity contribution in [3.8, 4) is 0 Å². The molecule has 0 amide bonds. The standard InChI is InChI=1S/C12H24N2/c1-11(2)10-14(3)9-6-12-4-7-13-8-5-12/h12-13H,1,4-10H2,2-3H3. The fourth-order valence-corrected chi connectivity index (χ4v) is 2.11. The molecule has 2 heteroatoms. The molecule has 1 heterocycles. The normalized spacial score (nSPS) is 18.8. The number of likely N-dealkylation sites (N-methyl/N-ethyl adjacent to an activating group) is 1. The molecule has 0 atom stereocenters. The van der Waals surface area contributed by atoms with Gasteiger partial charge in [-0.25, -0.2) is 0 Å². The van der Waals surface area contributed by atoms with Gasteiger partial charge >= 0.3 is 0 Å². The molecule has 82 valence electrons. The minimum absolute atomic E-state index is 0.948. The minimum Gasteiger partial charge on any atom is -0.317 e. The van der Waals surface area contributed by atoms with Crippen molar-refractivity contribution in [2.45, 2.75) is 26.2 Å². The van der Waals surface area contributed by atoms with Gasteiger partial charge in [-0.05, 0) is 58.8 Å². The molecule has 1 rings (SSSR count). The summed E-state index contributed by atoms with van der Waals surface area (Å²) in [5, 5.41) is 3.41. The van der Waals surface area contributed by atoms with Gasteiger partial charge < -0.3 is 10.2 Å². The van der Waals surface area contributed by atoms with Gasteiger partial charge in [-0.1, -0.05) is 12.2 Å². The van der Waals surface area contributed by atoms with Crippen molar-refractivity contribution < 1.29 is 0 Å². The zero-order valence-electron chi connectivity index (χ0n) is 9.68. The van der Waals surface area contributed by atoms with Crippen LogP contribution in [0.25, 0.3) is 0 Å². The second-order valence-corrected chi connectivity index (χ2v) is 4.68. The number of nitrogens with one attached hydrogen (secondary N) is 1. The average Bonchev–Trinajstić information content (AvgIpc) is 2.15. The largest absolute Gasteiger partial charge is 0.317 e. The Kier molecular flexibility index (Phi) is 5.20. The van der Waals surface area contributed by atoms with Crippen LogP contribution in [-0.2, 0) is 0 Å². The molecular formula is C12H24N2. The molecule has 0 saturated carbocycles. The van der Waals surface area contributed by atoms with Gasteiger partial charge in [0.05, 0.1) is 0 Å². The van der Waals surface area contributed by atoms with E-state index in [9.17, 15) is 0 Å². The van der Waals surface area contributed by atoms with Crippen LogP contribution >= 0.6 is 0 Å². The average molecular weight is 196 g/mol. The van der Waals surface area contributed by atoms with E-state index in [0.717, 1.165) is 12.5 Å². The number of rotatable bonds is 5. The predicted molar refractivity (Wildman–Crippen MR) is 62.5 cm³/mol. The van der Waals surface area contributed by atoms with Gasteiger partial charge in [-0.15, -0.1) is 0 Å². The second-order valence-electron chi connectivity index (χ2n) is 4.68. The van der Waals surface area contributed by atoms with E-state index in [4.69, 9.17) is 0 Å². The molecular weight excluding hydrogens is 172 g/mol. The van der Waals surface area contributed by atoms with Gasteiger partial charge in [-0.2, -0.15) is 0 Å². The van der Waals surface area contributed by atoms with Gasteiger partial charge in [0.25, 0.3) is 0 Å². The number of nitrogens with zero attached hydrogens (tertiary/aromatic N) is 1. The van der Waals surface area contributed by atoms with E-state index in [1.807, 2.05) is 0 Å². The summed E-state index contributed by atoms with van der Waals surface area (Å²) in [6.07, 6.45) is 4.08. The van der Waals surface area contributed by atoms with E-state index in [1.54, 1.807) is 0 Å². The third-order valence-electron chi connectivity index (χ3n) is 2.92. The van der Waals surface area contributed by atoms with Crippen LogP contribution in [0, 0.1) is 5.92 Å². The molecule has 1 fully saturated rings. The van der Waals surface area contributed by atoms with Crippen molar-refractivity contribution in [1.29, 1.82) is 0 Å². The summed E-state index contributed by atoms with van der Waals surface area (Å²) in [6.45, 7) is 10.7. The van der Waals surface area contributed by atoms with Crippen molar-refractivity contribution >= 4 is 0 Å². The van der Waals surface area contributed by atoms with E-state index in [1.165, 1.54) is 44.5 Å². The Balaban J connectivity index is 2.09. The van der Waals surface area contributed by atoms with Crippen LogP contribution in [0.15, 0.2) is 12.2 Å². The maximum absolute atomic E-state index is 3.94. The van der Waals surface area contributed by atoms with Crippen molar-refractivity contribution in [3.05, 3.63) is 12.2 Å². The van der Waals surface area contributed by atoms with Crippen LogP contribution in [0.5, 0.6) is 0 Å². The first-order valence-corrected chi connectivity index (χ1v) is 5.72. The maximum atomic E-state index is 3.94. The molecule has 0 aromatic rings. The fraction of sp³-hybridized carbons (Fsp3) is 0.833. The summed E-state index contributed by atoms with van der Waals surface area (Å²) in [6, 6.07) is 0. The molecule has 0 unspecified atom stereocenters. The smallest absolute Gasteiger partial charge is 0.0184 e. The highest BCUT2D eigenvalue weighted by Crippen LogP contribution is 2.15. The van der Waals surface area contributed by atoms with E-state index < -0.39 is 0 Å². The Hall–Kier alpha value is -0.340. The quantitative estimate of drug-likeness (QED) is 0.675. The molecule has 0 aliphatic carbocycles. The summed E-state index contributed by atoms with van der Waals surface area (Å²) in [5.74, 6) is 0.948. The van der Waals surface area contributed by atoms with E-state index in [-0.39, 0.29) is 0 Å². The van der Waals surface area contributed by atoms with Crippen LogP contribution in [0.1, 0.15) is 26.2 Å². The number of piperidine rings is 1. The summed E-state index contributed by atoms with van der Waals surface area (Å²) in [7, 11) is 2.19. The first-order chi connectivity index (χ1) is 6.68. The Morgan fingerprint density at radius 1 is 1.43 bits per heavy atom. The molecule has 0 spiro atoms. The van der Waals surface area contributed by atoms with Gasteiger partial charge in [0.2, 0.25) is 0 Å². The summed E-state index contributed by atoms with van der Waals surface area (Å²) in [5.41, 5.74) is 1.26. The highest BCUT2D eigenvalue weighted by Gasteiger charge is 2.13. The molecule has 0 radical (unpaired) electrons. The minimum atomic E-state index is 0.948. The molecule has 0 aromatic carbocycles. The van der Waals surface area contributed by atoms with Crippen LogP contribution in [-0.4, -0.2) is 38.1 Å². The third-order valence-corrected chi connectivity index (χ3v) is 2.92. The Labute approximate surface area is 88.4 Å². The Morgan fingerprint density at radius 2 is 2.07 bits per heavy atom. The van der Waals surface area contributed by atoms with Crippen LogP contribution < -0.4 is 5.32 Å². The molecule has 0 bridgehead atoms. The molecule has 1 aliphatic heterocycles. The highest BCUT2D eigenvalue weighted by molar-refractivity contribution is 4.91. The lowest BCUT2D eigenvalue weighted by Gasteiger charge is -2.25. The van der Waals surface area contributed by atoms with E-state index in [0.29, 0.717) is 0 Å². The van der Waals surface area contributed by atoms with Crippen molar-refractivity contribution in [1.82, 2.24) is 10.2 Å². The van der Waals surface area contributed by atoms with Gasteiger partial charge in [0.1, 0.15) is 0 Å². The fourth-order valence-electron chi connectivity index (χ4n) is 2.11. The van der Waals surface area contributed by atoms with Gasteiger partial charge in [0.15, 0.2) is 0 Å². The summed E-state index contributed by atoms with van der Waals surface area (Å²) in [4.78, 5) is 2.38. The molecule has 0 aromatic heterocycles. The summed E-state index contributed by atoms with van der Waals surface area (Å²) >= 11 is 0. The molecule has 2 nitrogen and oxygen atoms in total. The molecule has 1 saturated heterocycles. The van der Waals surface area contributed by atoms with Crippen LogP contribution in [0.3, 0.4) is 0 Å². The second kappa shape index (κ2) is 6.20. The molecule has 1 aliphatic rings. The lowest BCUT2D eigenvalue weighted by Crippen LogP contribution is -2.30. The number of hydrogen-bond donors (Lipinski definition) is 1. The first kappa shape index (κ1) is 11.7.